The molecule has 1 aromatic rings. The Hall–Kier alpha value is -2.69. The minimum atomic E-state index is -1.19. The lowest BCUT2D eigenvalue weighted by Crippen LogP contribution is -2.42. The van der Waals surface area contributed by atoms with Crippen molar-refractivity contribution in [3.63, 3.8) is 0 Å². The molecule has 1 saturated carbocycles. The van der Waals surface area contributed by atoms with Crippen LogP contribution in [0, 0.1) is 30.5 Å². The highest BCUT2D eigenvalue weighted by Gasteiger charge is 2.32. The number of hydrazine groups is 1. The number of amides is 2. The number of carbonyl (C=O) groups is 2. The van der Waals surface area contributed by atoms with Crippen LogP contribution in [0.25, 0.3) is 0 Å². The Labute approximate surface area is 180 Å². The maximum Gasteiger partial charge on any atom is 0.404 e. The van der Waals surface area contributed by atoms with Gasteiger partial charge in [-0.2, -0.15) is 4.39 Å². The Morgan fingerprint density at radius 1 is 1.26 bits per heavy atom. The Morgan fingerprint density at radius 2 is 1.97 bits per heavy atom. The fourth-order valence-corrected chi connectivity index (χ4v) is 4.32. The van der Waals surface area contributed by atoms with Crippen LogP contribution in [0.3, 0.4) is 0 Å². The Bertz CT molecular complexity index is 794. The Kier molecular flexibility index (Phi) is 7.47. The van der Waals surface area contributed by atoms with Gasteiger partial charge in [-0.25, -0.2) is 14.8 Å². The minimum absolute atomic E-state index is 0.0103. The predicted molar refractivity (Wildman–Crippen MR) is 112 cm³/mol. The molecule has 0 spiro atoms. The maximum absolute atomic E-state index is 15.0. The molecule has 5 N–H and O–H groups in total. The molecule has 2 amide bonds. The van der Waals surface area contributed by atoms with Gasteiger partial charge in [-0.1, -0.05) is 32.6 Å². The summed E-state index contributed by atoms with van der Waals surface area (Å²) in [7, 11) is 0. The fourth-order valence-electron chi connectivity index (χ4n) is 4.32. The molecule has 2 fully saturated rings. The van der Waals surface area contributed by atoms with Crippen molar-refractivity contribution in [2.24, 2.45) is 17.8 Å². The maximum atomic E-state index is 15.0. The van der Waals surface area contributed by atoms with Gasteiger partial charge in [0.25, 0.3) is 0 Å². The van der Waals surface area contributed by atoms with Crippen molar-refractivity contribution in [1.29, 1.82) is 0 Å². The van der Waals surface area contributed by atoms with E-state index in [4.69, 9.17) is 5.11 Å². The second kappa shape index (κ2) is 10.1. The first-order valence-electron chi connectivity index (χ1n) is 10.7. The summed E-state index contributed by atoms with van der Waals surface area (Å²) in [5.74, 6) is -1.14. The van der Waals surface area contributed by atoms with Gasteiger partial charge in [0.2, 0.25) is 11.7 Å². The number of rotatable bonds is 8. The number of aromatic nitrogens is 2. The highest BCUT2D eigenvalue weighted by molar-refractivity contribution is 5.80. The van der Waals surface area contributed by atoms with Crippen LogP contribution in [0.15, 0.2) is 0 Å². The van der Waals surface area contributed by atoms with Crippen molar-refractivity contribution < 1.29 is 24.2 Å². The summed E-state index contributed by atoms with van der Waals surface area (Å²) in [5, 5.41) is 21.2. The number of nitrogens with one attached hydrogen (secondary N) is 3. The van der Waals surface area contributed by atoms with E-state index in [1.165, 1.54) is 0 Å². The Balaban J connectivity index is 1.67. The van der Waals surface area contributed by atoms with E-state index in [-0.39, 0.29) is 30.6 Å². The number of hydrogen-bond acceptors (Lipinski definition) is 7. The van der Waals surface area contributed by atoms with E-state index >= 15 is 4.39 Å². The third-order valence-electron chi connectivity index (χ3n) is 6.08. The minimum Gasteiger partial charge on any atom is -0.465 e. The number of aliphatic hydroxyl groups is 1. The molecule has 3 atom stereocenters. The molecule has 2 heterocycles. The summed E-state index contributed by atoms with van der Waals surface area (Å²) in [6, 6.07) is 0. The zero-order valence-corrected chi connectivity index (χ0v) is 17.9. The van der Waals surface area contributed by atoms with Crippen LogP contribution in [-0.2, 0) is 4.79 Å². The summed E-state index contributed by atoms with van der Waals surface area (Å²) >= 11 is 0. The smallest absolute Gasteiger partial charge is 0.404 e. The van der Waals surface area contributed by atoms with Crippen molar-refractivity contribution in [3.8, 4) is 0 Å². The molecule has 10 nitrogen and oxygen atoms in total. The SMILES string of the molecule is Cc1nc(NNC(=O)[C@@H](CNC(=O)O)CC2CCCC2)c(F)c(N2C[C@@H](C)[C@@H](O)C2)n1. The lowest BCUT2D eigenvalue weighted by atomic mass is 9.92. The molecule has 1 saturated heterocycles. The molecule has 1 aliphatic carbocycles. The lowest BCUT2D eigenvalue weighted by molar-refractivity contribution is -0.124. The van der Waals surface area contributed by atoms with Crippen molar-refractivity contribution in [1.82, 2.24) is 20.7 Å². The number of nitrogens with zero attached hydrogens (tertiary/aromatic N) is 3. The number of carboxylic acid groups (broad SMARTS) is 1. The Morgan fingerprint density at radius 3 is 2.58 bits per heavy atom. The first kappa shape index (κ1) is 23.0. The highest BCUT2D eigenvalue weighted by Crippen LogP contribution is 2.31. The number of anilines is 2. The molecule has 0 radical (unpaired) electrons. The third kappa shape index (κ3) is 5.93. The number of carbonyl (C=O) groups excluding carboxylic acids is 1. The van der Waals surface area contributed by atoms with Crippen molar-refractivity contribution >= 4 is 23.6 Å². The number of aryl methyl sites for hydroxylation is 1. The molecule has 0 bridgehead atoms. The molecule has 3 rings (SSSR count). The average Bonchev–Trinajstić information content (AvgIpc) is 3.34. The standard InChI is InChI=1S/C20H31FN6O4/c1-11-9-27(10-15(11)28)18-16(21)17(23-12(2)24-18)25-26-19(29)14(8-22-20(30)31)7-13-5-3-4-6-13/h11,13-15,22,28H,3-10H2,1-2H3,(H,26,29)(H,30,31)(H,23,24,25)/t11-,14-,15+/m1/s1. The number of hydrogen-bond donors (Lipinski definition) is 5. The number of halogens is 1. The molecule has 11 heteroatoms. The van der Waals surface area contributed by atoms with Gasteiger partial charge in [-0.3, -0.25) is 15.6 Å². The van der Waals surface area contributed by atoms with Crippen molar-refractivity contribution in [2.75, 3.05) is 30.0 Å². The van der Waals surface area contributed by atoms with E-state index in [9.17, 15) is 14.7 Å². The quantitative estimate of drug-likeness (QED) is 0.386. The van der Waals surface area contributed by atoms with Gasteiger partial charge in [0.05, 0.1) is 12.0 Å². The van der Waals surface area contributed by atoms with Crippen LogP contribution in [0.2, 0.25) is 0 Å². The van der Waals surface area contributed by atoms with E-state index in [2.05, 4.69) is 26.1 Å². The summed E-state index contributed by atoms with van der Waals surface area (Å²) in [5.41, 5.74) is 5.02. The molecule has 1 aliphatic heterocycles. The second-order valence-corrected chi connectivity index (χ2v) is 8.59. The fraction of sp³-hybridized carbons (Fsp3) is 0.700. The second-order valence-electron chi connectivity index (χ2n) is 8.59. The molecule has 172 valence electrons. The van der Waals surface area contributed by atoms with Crippen LogP contribution in [0.5, 0.6) is 0 Å². The highest BCUT2D eigenvalue weighted by atomic mass is 19.1. The van der Waals surface area contributed by atoms with Gasteiger partial charge in [0, 0.05) is 25.6 Å². The zero-order valence-electron chi connectivity index (χ0n) is 17.9. The largest absolute Gasteiger partial charge is 0.465 e. The van der Waals surface area contributed by atoms with Gasteiger partial charge < -0.3 is 20.4 Å². The first-order chi connectivity index (χ1) is 14.7. The van der Waals surface area contributed by atoms with Crippen LogP contribution in [0.1, 0.15) is 44.9 Å². The summed E-state index contributed by atoms with van der Waals surface area (Å²) in [4.78, 5) is 33.5. The van der Waals surface area contributed by atoms with Crippen LogP contribution in [-0.4, -0.2) is 57.9 Å². The first-order valence-corrected chi connectivity index (χ1v) is 10.7. The van der Waals surface area contributed by atoms with Gasteiger partial charge in [-0.15, -0.1) is 0 Å². The van der Waals surface area contributed by atoms with Crippen LogP contribution < -0.4 is 21.1 Å². The van der Waals surface area contributed by atoms with E-state index in [0.29, 0.717) is 24.7 Å². The lowest BCUT2D eigenvalue weighted by Gasteiger charge is -2.22. The topological polar surface area (TPSA) is 140 Å². The van der Waals surface area contributed by atoms with E-state index < -0.39 is 29.8 Å². The zero-order chi connectivity index (χ0) is 22.5. The van der Waals surface area contributed by atoms with Crippen molar-refractivity contribution in [2.45, 2.75) is 52.1 Å². The molecular formula is C20H31FN6O4. The summed E-state index contributed by atoms with van der Waals surface area (Å²) < 4.78 is 15.0. The van der Waals surface area contributed by atoms with Gasteiger partial charge >= 0.3 is 6.09 Å². The van der Waals surface area contributed by atoms with E-state index in [0.717, 1.165) is 25.7 Å². The molecule has 2 aliphatic rings. The van der Waals surface area contributed by atoms with Crippen LogP contribution in [0.4, 0.5) is 20.8 Å². The van der Waals surface area contributed by atoms with E-state index in [1.54, 1.807) is 11.8 Å². The number of β-amino-alcohol motifs (C(OH)–C–C–N with tert-alkyl or cyclic N) is 1. The molecular weight excluding hydrogens is 407 g/mol. The van der Waals surface area contributed by atoms with Crippen LogP contribution >= 0.6 is 0 Å². The van der Waals surface area contributed by atoms with Gasteiger partial charge in [0.15, 0.2) is 11.6 Å². The van der Waals surface area contributed by atoms with Gasteiger partial charge in [0.1, 0.15) is 5.82 Å². The molecule has 0 unspecified atom stereocenters. The van der Waals surface area contributed by atoms with Crippen molar-refractivity contribution in [3.05, 3.63) is 11.6 Å². The molecule has 0 aromatic carbocycles. The third-order valence-corrected chi connectivity index (χ3v) is 6.08. The predicted octanol–water partition coefficient (Wildman–Crippen LogP) is 1.65. The molecule has 31 heavy (non-hydrogen) atoms. The van der Waals surface area contributed by atoms with Gasteiger partial charge in [-0.05, 0) is 19.3 Å². The monoisotopic (exact) mass is 438 g/mol. The normalized spacial score (nSPS) is 22.4. The summed E-state index contributed by atoms with van der Waals surface area (Å²) in [6.07, 6.45) is 3.07. The molecule has 1 aromatic heterocycles. The average molecular weight is 439 g/mol. The van der Waals surface area contributed by atoms with E-state index in [1.807, 2.05) is 6.92 Å². The number of aliphatic hydroxyl groups excluding tert-OH is 1. The summed E-state index contributed by atoms with van der Waals surface area (Å²) in [6.45, 7) is 4.21.